The van der Waals surface area contributed by atoms with Gasteiger partial charge in [-0.05, 0) is 18.2 Å². The number of benzene rings is 1. The van der Waals surface area contributed by atoms with E-state index < -0.39 is 6.04 Å². The van der Waals surface area contributed by atoms with E-state index in [1.54, 1.807) is 24.3 Å². The van der Waals surface area contributed by atoms with Crippen molar-refractivity contribution in [2.24, 2.45) is 0 Å². The predicted octanol–water partition coefficient (Wildman–Crippen LogP) is 1.92. The maximum atomic E-state index is 12.8. The molecule has 3 rings (SSSR count). The molecular weight excluding hydrogens is 328 g/mol. The Hall–Kier alpha value is -2.91. The summed E-state index contributed by atoms with van der Waals surface area (Å²) in [5.41, 5.74) is 1.12. The first-order chi connectivity index (χ1) is 11.6. The molecule has 2 aromatic rings. The molecule has 1 aliphatic rings. The minimum atomic E-state index is -0.808. The van der Waals surface area contributed by atoms with Crippen LogP contribution in [0.1, 0.15) is 27.7 Å². The number of nitrogens with one attached hydrogen (secondary N) is 1. The van der Waals surface area contributed by atoms with Crippen LogP contribution in [0.2, 0.25) is 5.02 Å². The number of rotatable bonds is 2. The predicted molar refractivity (Wildman–Crippen MR) is 87.2 cm³/mol. The van der Waals surface area contributed by atoms with E-state index in [-0.39, 0.29) is 17.5 Å². The SMILES string of the molecule is N#Cc1ccc(C(=O)N2CCNC(=O)C2c2ccccc2Cl)nc1. The lowest BCUT2D eigenvalue weighted by Crippen LogP contribution is -2.52. The highest BCUT2D eigenvalue weighted by molar-refractivity contribution is 6.31. The van der Waals surface area contributed by atoms with Gasteiger partial charge in [0.2, 0.25) is 5.91 Å². The van der Waals surface area contributed by atoms with E-state index in [1.165, 1.54) is 23.2 Å². The molecule has 1 aromatic carbocycles. The highest BCUT2D eigenvalue weighted by Gasteiger charge is 2.36. The number of piperazine rings is 1. The minimum absolute atomic E-state index is 0.181. The zero-order valence-electron chi connectivity index (χ0n) is 12.6. The molecular formula is C17H13ClN4O2. The van der Waals surface area contributed by atoms with Gasteiger partial charge in [0.05, 0.1) is 5.56 Å². The van der Waals surface area contributed by atoms with Gasteiger partial charge < -0.3 is 10.2 Å². The van der Waals surface area contributed by atoms with Gasteiger partial charge in [0.1, 0.15) is 17.8 Å². The highest BCUT2D eigenvalue weighted by Crippen LogP contribution is 2.30. The molecule has 0 saturated carbocycles. The van der Waals surface area contributed by atoms with E-state index in [2.05, 4.69) is 10.3 Å². The van der Waals surface area contributed by atoms with E-state index in [9.17, 15) is 9.59 Å². The second-order valence-corrected chi connectivity index (χ2v) is 5.66. The lowest BCUT2D eigenvalue weighted by atomic mass is 10.0. The monoisotopic (exact) mass is 340 g/mol. The fourth-order valence-corrected chi connectivity index (χ4v) is 2.86. The first-order valence-corrected chi connectivity index (χ1v) is 7.69. The molecule has 1 aromatic heterocycles. The summed E-state index contributed by atoms with van der Waals surface area (Å²) >= 11 is 6.21. The van der Waals surface area contributed by atoms with Gasteiger partial charge in [-0.25, -0.2) is 4.98 Å². The molecule has 1 aliphatic heterocycles. The zero-order valence-corrected chi connectivity index (χ0v) is 13.3. The Morgan fingerprint density at radius 3 is 2.79 bits per heavy atom. The number of amides is 2. The van der Waals surface area contributed by atoms with Gasteiger partial charge in [-0.1, -0.05) is 29.8 Å². The molecule has 6 nitrogen and oxygen atoms in total. The van der Waals surface area contributed by atoms with Crippen molar-refractivity contribution in [3.05, 3.63) is 64.4 Å². The molecule has 1 atom stereocenters. The molecule has 7 heteroatoms. The second-order valence-electron chi connectivity index (χ2n) is 5.26. The number of aromatic nitrogens is 1. The lowest BCUT2D eigenvalue weighted by molar-refractivity contribution is -0.128. The molecule has 1 unspecified atom stereocenters. The van der Waals surface area contributed by atoms with E-state index in [0.717, 1.165) is 0 Å². The van der Waals surface area contributed by atoms with Crippen LogP contribution in [0.15, 0.2) is 42.6 Å². The number of nitrogens with zero attached hydrogens (tertiary/aromatic N) is 3. The number of carbonyl (C=O) groups is 2. The van der Waals surface area contributed by atoms with Crippen molar-refractivity contribution >= 4 is 23.4 Å². The number of pyridine rings is 1. The fraction of sp³-hybridized carbons (Fsp3) is 0.176. The van der Waals surface area contributed by atoms with Crippen LogP contribution in [0.25, 0.3) is 0 Å². The number of hydrogen-bond acceptors (Lipinski definition) is 4. The van der Waals surface area contributed by atoms with Crippen molar-refractivity contribution in [2.45, 2.75) is 6.04 Å². The average molecular weight is 341 g/mol. The topological polar surface area (TPSA) is 86.1 Å². The smallest absolute Gasteiger partial charge is 0.273 e. The highest BCUT2D eigenvalue weighted by atomic mass is 35.5. The van der Waals surface area contributed by atoms with Crippen LogP contribution in [-0.4, -0.2) is 34.8 Å². The van der Waals surface area contributed by atoms with Gasteiger partial charge in [0, 0.05) is 29.9 Å². The summed E-state index contributed by atoms with van der Waals surface area (Å²) in [7, 11) is 0. The van der Waals surface area contributed by atoms with Crippen LogP contribution in [0.5, 0.6) is 0 Å². The van der Waals surface area contributed by atoms with Crippen molar-refractivity contribution in [3.63, 3.8) is 0 Å². The molecule has 2 heterocycles. The average Bonchev–Trinajstić information content (AvgIpc) is 2.62. The van der Waals surface area contributed by atoms with Gasteiger partial charge in [0.15, 0.2) is 0 Å². The van der Waals surface area contributed by atoms with Crippen LogP contribution in [0.4, 0.5) is 0 Å². The quantitative estimate of drug-likeness (QED) is 0.905. The molecule has 1 fully saturated rings. The first-order valence-electron chi connectivity index (χ1n) is 7.31. The number of halogens is 1. The molecule has 0 spiro atoms. The Morgan fingerprint density at radius 2 is 2.12 bits per heavy atom. The third-order valence-corrected chi connectivity index (χ3v) is 4.13. The molecule has 0 radical (unpaired) electrons. The van der Waals surface area contributed by atoms with Crippen molar-refractivity contribution in [1.82, 2.24) is 15.2 Å². The number of nitriles is 1. The van der Waals surface area contributed by atoms with Crippen LogP contribution in [0, 0.1) is 11.3 Å². The zero-order chi connectivity index (χ0) is 17.1. The van der Waals surface area contributed by atoms with E-state index in [1.807, 2.05) is 6.07 Å². The third kappa shape index (κ3) is 2.94. The first kappa shape index (κ1) is 16.0. The molecule has 1 N–H and O–H groups in total. The van der Waals surface area contributed by atoms with E-state index in [4.69, 9.17) is 16.9 Å². The van der Waals surface area contributed by atoms with Gasteiger partial charge in [-0.3, -0.25) is 9.59 Å². The van der Waals surface area contributed by atoms with E-state index in [0.29, 0.717) is 29.2 Å². The Balaban J connectivity index is 1.97. The number of carbonyl (C=O) groups excluding carboxylic acids is 2. The van der Waals surface area contributed by atoms with Gasteiger partial charge in [-0.15, -0.1) is 0 Å². The normalized spacial score (nSPS) is 17.1. The Morgan fingerprint density at radius 1 is 1.33 bits per heavy atom. The largest absolute Gasteiger partial charge is 0.352 e. The van der Waals surface area contributed by atoms with Crippen molar-refractivity contribution in [1.29, 1.82) is 5.26 Å². The maximum Gasteiger partial charge on any atom is 0.273 e. The third-order valence-electron chi connectivity index (χ3n) is 3.78. The fourth-order valence-electron chi connectivity index (χ4n) is 2.63. The molecule has 1 saturated heterocycles. The van der Waals surface area contributed by atoms with Gasteiger partial charge >= 0.3 is 0 Å². The van der Waals surface area contributed by atoms with Crippen LogP contribution in [-0.2, 0) is 4.79 Å². The summed E-state index contributed by atoms with van der Waals surface area (Å²) in [5.74, 6) is -0.657. The Labute approximate surface area is 143 Å². The van der Waals surface area contributed by atoms with E-state index >= 15 is 0 Å². The Bertz CT molecular complexity index is 829. The summed E-state index contributed by atoms with van der Waals surface area (Å²) in [6.45, 7) is 0.712. The summed E-state index contributed by atoms with van der Waals surface area (Å²) in [5, 5.41) is 12.0. The lowest BCUT2D eigenvalue weighted by Gasteiger charge is -2.35. The maximum absolute atomic E-state index is 12.8. The number of hydrogen-bond donors (Lipinski definition) is 1. The molecule has 24 heavy (non-hydrogen) atoms. The minimum Gasteiger partial charge on any atom is -0.352 e. The van der Waals surface area contributed by atoms with Crippen LogP contribution < -0.4 is 5.32 Å². The standard InChI is InChI=1S/C17H13ClN4O2/c18-13-4-2-1-3-12(13)15-16(23)20-7-8-22(15)17(24)14-6-5-11(9-19)10-21-14/h1-6,10,15H,7-8H2,(H,20,23). The van der Waals surface area contributed by atoms with Crippen molar-refractivity contribution in [3.8, 4) is 6.07 Å². The summed E-state index contributed by atoms with van der Waals surface area (Å²) in [6.07, 6.45) is 1.34. The molecule has 2 amide bonds. The summed E-state index contributed by atoms with van der Waals surface area (Å²) in [4.78, 5) is 30.6. The van der Waals surface area contributed by atoms with Crippen LogP contribution >= 0.6 is 11.6 Å². The second kappa shape index (κ2) is 6.69. The van der Waals surface area contributed by atoms with Crippen molar-refractivity contribution in [2.75, 3.05) is 13.1 Å². The molecule has 120 valence electrons. The van der Waals surface area contributed by atoms with Gasteiger partial charge in [0.25, 0.3) is 5.91 Å². The molecule has 0 bridgehead atoms. The van der Waals surface area contributed by atoms with Gasteiger partial charge in [-0.2, -0.15) is 5.26 Å². The van der Waals surface area contributed by atoms with Crippen molar-refractivity contribution < 1.29 is 9.59 Å². The Kier molecular flexibility index (Phi) is 4.45. The van der Waals surface area contributed by atoms with Crippen LogP contribution in [0.3, 0.4) is 0 Å². The molecule has 0 aliphatic carbocycles. The summed E-state index contributed by atoms with van der Waals surface area (Å²) < 4.78 is 0. The summed E-state index contributed by atoms with van der Waals surface area (Å²) in [6, 6.07) is 11.1.